The Kier molecular flexibility index (Phi) is 5.35. The molecule has 0 aliphatic rings. The summed E-state index contributed by atoms with van der Waals surface area (Å²) in [4.78, 5) is 23.0. The lowest BCUT2D eigenvalue weighted by molar-refractivity contribution is -0.139. The van der Waals surface area contributed by atoms with Crippen LogP contribution in [0.4, 0.5) is 4.79 Å². The van der Waals surface area contributed by atoms with E-state index in [4.69, 9.17) is 4.74 Å². The van der Waals surface area contributed by atoms with Gasteiger partial charge in [0.25, 0.3) is 0 Å². The molecule has 0 aromatic heterocycles. The van der Waals surface area contributed by atoms with Crippen LogP contribution in [0.3, 0.4) is 0 Å². The van der Waals surface area contributed by atoms with Crippen LogP contribution in [-0.4, -0.2) is 28.8 Å². The van der Waals surface area contributed by atoms with Crippen LogP contribution in [0.15, 0.2) is 18.2 Å². The minimum atomic E-state index is -1.08. The van der Waals surface area contributed by atoms with Crippen LogP contribution in [-0.2, 0) is 16.0 Å². The molecule has 0 bridgehead atoms. The quantitative estimate of drug-likeness (QED) is 0.895. The molecule has 0 radical (unpaired) electrons. The lowest BCUT2D eigenvalue weighted by Gasteiger charge is -2.22. The molecule has 1 aromatic carbocycles. The van der Waals surface area contributed by atoms with Gasteiger partial charge < -0.3 is 15.2 Å². The average Bonchev–Trinajstić information content (AvgIpc) is 2.28. The molecule has 0 heterocycles. The number of rotatable bonds is 4. The summed E-state index contributed by atoms with van der Waals surface area (Å²) in [6.07, 6.45) is -0.500. The fourth-order valence-electron chi connectivity index (χ4n) is 1.94. The van der Waals surface area contributed by atoms with Gasteiger partial charge in [0.1, 0.15) is 11.6 Å². The largest absolute Gasteiger partial charge is 0.480 e. The summed E-state index contributed by atoms with van der Waals surface area (Å²) >= 11 is 0. The number of ether oxygens (including phenoxy) is 1. The molecule has 5 heteroatoms. The zero-order valence-corrected chi connectivity index (χ0v) is 13.2. The Labute approximate surface area is 125 Å². The third-order valence-corrected chi connectivity index (χ3v) is 2.91. The highest BCUT2D eigenvalue weighted by atomic mass is 16.6. The van der Waals surface area contributed by atoms with Crippen LogP contribution < -0.4 is 5.32 Å². The second-order valence-electron chi connectivity index (χ2n) is 6.17. The number of carboxylic acid groups (broad SMARTS) is 1. The topological polar surface area (TPSA) is 75.6 Å². The number of aliphatic carboxylic acids is 1. The van der Waals surface area contributed by atoms with Gasteiger partial charge in [-0.1, -0.05) is 23.8 Å². The molecular formula is C16H23NO4. The summed E-state index contributed by atoms with van der Waals surface area (Å²) in [5, 5.41) is 11.7. The maximum atomic E-state index is 11.7. The maximum absolute atomic E-state index is 11.7. The van der Waals surface area contributed by atoms with Crippen molar-refractivity contribution in [2.45, 2.75) is 52.7 Å². The molecule has 0 fully saturated rings. The van der Waals surface area contributed by atoms with E-state index < -0.39 is 23.7 Å². The zero-order valence-electron chi connectivity index (χ0n) is 13.2. The first-order chi connectivity index (χ1) is 9.58. The Bertz CT molecular complexity index is 532. The first kappa shape index (κ1) is 17.0. The van der Waals surface area contributed by atoms with E-state index in [1.54, 1.807) is 20.8 Å². The molecular weight excluding hydrogens is 270 g/mol. The molecule has 0 aliphatic heterocycles. The first-order valence-electron chi connectivity index (χ1n) is 6.87. The second kappa shape index (κ2) is 6.61. The molecule has 0 saturated carbocycles. The van der Waals surface area contributed by atoms with Gasteiger partial charge in [0, 0.05) is 6.42 Å². The van der Waals surface area contributed by atoms with E-state index in [0.717, 1.165) is 16.7 Å². The third kappa shape index (κ3) is 5.85. The summed E-state index contributed by atoms with van der Waals surface area (Å²) in [6.45, 7) is 9.09. The van der Waals surface area contributed by atoms with Gasteiger partial charge in [-0.05, 0) is 45.7 Å². The van der Waals surface area contributed by atoms with Crippen molar-refractivity contribution in [3.63, 3.8) is 0 Å². The number of alkyl carbamates (subject to hydrolysis) is 1. The van der Waals surface area contributed by atoms with Crippen LogP contribution in [0.25, 0.3) is 0 Å². The SMILES string of the molecule is Cc1ccc(C[C@@H](NC(=O)OC(C)(C)C)C(=O)O)c(C)c1. The number of hydrogen-bond acceptors (Lipinski definition) is 3. The molecule has 116 valence electrons. The number of aryl methyl sites for hydroxylation is 2. The summed E-state index contributed by atoms with van der Waals surface area (Å²) < 4.78 is 5.09. The number of hydrogen-bond donors (Lipinski definition) is 2. The predicted octanol–water partition coefficient (Wildman–Crippen LogP) is 2.82. The van der Waals surface area contributed by atoms with E-state index in [1.807, 2.05) is 32.0 Å². The summed E-state index contributed by atoms with van der Waals surface area (Å²) in [6, 6.07) is 4.79. The summed E-state index contributed by atoms with van der Waals surface area (Å²) in [5.41, 5.74) is 2.35. The van der Waals surface area contributed by atoms with Gasteiger partial charge in [0.15, 0.2) is 0 Å². The smallest absolute Gasteiger partial charge is 0.408 e. The van der Waals surface area contributed by atoms with Gasteiger partial charge in [-0.3, -0.25) is 0 Å². The van der Waals surface area contributed by atoms with Crippen molar-refractivity contribution >= 4 is 12.1 Å². The first-order valence-corrected chi connectivity index (χ1v) is 6.87. The van der Waals surface area contributed by atoms with Crippen molar-refractivity contribution in [1.29, 1.82) is 0 Å². The van der Waals surface area contributed by atoms with E-state index in [-0.39, 0.29) is 6.42 Å². The van der Waals surface area contributed by atoms with E-state index in [0.29, 0.717) is 0 Å². The van der Waals surface area contributed by atoms with Crippen LogP contribution in [0, 0.1) is 13.8 Å². The Morgan fingerprint density at radius 1 is 1.29 bits per heavy atom. The number of benzene rings is 1. The molecule has 1 amide bonds. The minimum Gasteiger partial charge on any atom is -0.480 e. The van der Waals surface area contributed by atoms with Gasteiger partial charge >= 0.3 is 12.1 Å². The van der Waals surface area contributed by atoms with Crippen LogP contribution in [0.2, 0.25) is 0 Å². The Morgan fingerprint density at radius 3 is 2.38 bits per heavy atom. The number of nitrogens with one attached hydrogen (secondary N) is 1. The molecule has 2 N–H and O–H groups in total. The summed E-state index contributed by atoms with van der Waals surface area (Å²) in [7, 11) is 0. The number of amides is 1. The van der Waals surface area contributed by atoms with Gasteiger partial charge in [-0.2, -0.15) is 0 Å². The lowest BCUT2D eigenvalue weighted by Crippen LogP contribution is -2.44. The highest BCUT2D eigenvalue weighted by Crippen LogP contribution is 2.13. The fourth-order valence-corrected chi connectivity index (χ4v) is 1.94. The van der Waals surface area contributed by atoms with E-state index in [1.165, 1.54) is 0 Å². The molecule has 1 atom stereocenters. The van der Waals surface area contributed by atoms with E-state index in [2.05, 4.69) is 5.32 Å². The molecule has 0 saturated heterocycles. The fraction of sp³-hybridized carbons (Fsp3) is 0.500. The molecule has 1 rings (SSSR count). The Morgan fingerprint density at radius 2 is 1.90 bits per heavy atom. The third-order valence-electron chi connectivity index (χ3n) is 2.91. The van der Waals surface area contributed by atoms with Crippen molar-refractivity contribution in [1.82, 2.24) is 5.32 Å². The van der Waals surface area contributed by atoms with Gasteiger partial charge in [-0.15, -0.1) is 0 Å². The molecule has 5 nitrogen and oxygen atoms in total. The van der Waals surface area contributed by atoms with Crippen molar-refractivity contribution in [2.24, 2.45) is 0 Å². The van der Waals surface area contributed by atoms with E-state index >= 15 is 0 Å². The van der Waals surface area contributed by atoms with Crippen molar-refractivity contribution < 1.29 is 19.4 Å². The lowest BCUT2D eigenvalue weighted by atomic mass is 9.99. The average molecular weight is 293 g/mol. The van der Waals surface area contributed by atoms with E-state index in [9.17, 15) is 14.7 Å². The number of carboxylic acids is 1. The summed E-state index contributed by atoms with van der Waals surface area (Å²) in [5.74, 6) is -1.08. The Balaban J connectivity index is 2.79. The van der Waals surface area contributed by atoms with Gasteiger partial charge in [0.05, 0.1) is 0 Å². The zero-order chi connectivity index (χ0) is 16.2. The van der Waals surface area contributed by atoms with Crippen LogP contribution in [0.5, 0.6) is 0 Å². The molecule has 0 aliphatic carbocycles. The molecule has 0 spiro atoms. The minimum absolute atomic E-state index is 0.223. The van der Waals surface area contributed by atoms with Crippen molar-refractivity contribution in [3.8, 4) is 0 Å². The molecule has 21 heavy (non-hydrogen) atoms. The van der Waals surface area contributed by atoms with Gasteiger partial charge in [0.2, 0.25) is 0 Å². The standard InChI is InChI=1S/C16H23NO4/c1-10-6-7-12(11(2)8-10)9-13(14(18)19)17-15(20)21-16(3,4)5/h6-8,13H,9H2,1-5H3,(H,17,20)(H,18,19)/t13-/m1/s1. The highest BCUT2D eigenvalue weighted by Gasteiger charge is 2.24. The second-order valence-corrected chi connectivity index (χ2v) is 6.17. The number of carbonyl (C=O) groups is 2. The number of carbonyl (C=O) groups excluding carboxylic acids is 1. The monoisotopic (exact) mass is 293 g/mol. The molecule has 1 aromatic rings. The molecule has 0 unspecified atom stereocenters. The maximum Gasteiger partial charge on any atom is 0.408 e. The highest BCUT2D eigenvalue weighted by molar-refractivity contribution is 5.80. The van der Waals surface area contributed by atoms with Crippen LogP contribution >= 0.6 is 0 Å². The Hall–Kier alpha value is -2.04. The predicted molar refractivity (Wildman–Crippen MR) is 80.4 cm³/mol. The normalized spacial score (nSPS) is 12.6. The van der Waals surface area contributed by atoms with Gasteiger partial charge in [-0.25, -0.2) is 9.59 Å². The van der Waals surface area contributed by atoms with Crippen molar-refractivity contribution in [2.75, 3.05) is 0 Å². The van der Waals surface area contributed by atoms with Crippen LogP contribution in [0.1, 0.15) is 37.5 Å². The van der Waals surface area contributed by atoms with Crippen molar-refractivity contribution in [3.05, 3.63) is 34.9 Å².